The van der Waals surface area contributed by atoms with E-state index in [0.29, 0.717) is 18.7 Å². The number of primary sulfonamides is 1. The third kappa shape index (κ3) is 3.89. The molecule has 0 aliphatic heterocycles. The van der Waals surface area contributed by atoms with Crippen LogP contribution >= 0.6 is 0 Å². The van der Waals surface area contributed by atoms with Crippen LogP contribution in [0.1, 0.15) is 16.1 Å². The van der Waals surface area contributed by atoms with Crippen LogP contribution < -0.4 is 10.5 Å². The first-order valence-electron chi connectivity index (χ1n) is 6.24. The van der Waals surface area contributed by atoms with Crippen molar-refractivity contribution in [1.29, 1.82) is 0 Å². The van der Waals surface area contributed by atoms with E-state index < -0.39 is 10.0 Å². The molecule has 0 fully saturated rings. The second kappa shape index (κ2) is 6.06. The first-order chi connectivity index (χ1) is 9.88. The first-order valence-corrected chi connectivity index (χ1v) is 7.79. The normalized spacial score (nSPS) is 11.3. The number of rotatable bonds is 5. The van der Waals surface area contributed by atoms with Gasteiger partial charge in [0.2, 0.25) is 10.0 Å². The van der Waals surface area contributed by atoms with Crippen molar-refractivity contribution in [2.24, 2.45) is 12.2 Å². The largest absolute Gasteiger partial charge is 0.350 e. The Labute approximate surface area is 122 Å². The summed E-state index contributed by atoms with van der Waals surface area (Å²) in [4.78, 5) is 15.8. The summed E-state index contributed by atoms with van der Waals surface area (Å²) in [5.41, 5.74) is 1.40. The van der Waals surface area contributed by atoms with Crippen molar-refractivity contribution in [2.75, 3.05) is 6.54 Å². The third-order valence-electron chi connectivity index (χ3n) is 3.00. The van der Waals surface area contributed by atoms with Gasteiger partial charge in [0.05, 0.1) is 17.4 Å². The van der Waals surface area contributed by atoms with Gasteiger partial charge in [0.1, 0.15) is 5.69 Å². The Morgan fingerprint density at radius 3 is 2.52 bits per heavy atom. The number of carbonyl (C=O) groups is 1. The first kappa shape index (κ1) is 15.2. The number of hydrogen-bond donors (Lipinski definition) is 2. The number of carbonyl (C=O) groups excluding carboxylic acids is 1. The predicted molar refractivity (Wildman–Crippen MR) is 77.1 cm³/mol. The molecule has 2 aromatic rings. The third-order valence-corrected chi connectivity index (χ3v) is 3.93. The summed E-state index contributed by atoms with van der Waals surface area (Å²) in [6, 6.07) is 6.26. The average Bonchev–Trinajstić information content (AvgIpc) is 2.84. The van der Waals surface area contributed by atoms with Crippen LogP contribution in [-0.2, 0) is 23.5 Å². The van der Waals surface area contributed by atoms with E-state index in [2.05, 4.69) is 10.3 Å². The van der Waals surface area contributed by atoms with E-state index in [4.69, 9.17) is 5.14 Å². The molecule has 1 amide bonds. The smallest absolute Gasteiger partial charge is 0.269 e. The van der Waals surface area contributed by atoms with Crippen LogP contribution in [0.25, 0.3) is 0 Å². The van der Waals surface area contributed by atoms with Gasteiger partial charge < -0.3 is 9.88 Å². The molecule has 0 aliphatic carbocycles. The molecule has 21 heavy (non-hydrogen) atoms. The minimum atomic E-state index is -3.67. The second-order valence-electron chi connectivity index (χ2n) is 4.58. The molecule has 0 radical (unpaired) electrons. The average molecular weight is 308 g/mol. The highest BCUT2D eigenvalue weighted by molar-refractivity contribution is 7.89. The number of imidazole rings is 1. The number of benzene rings is 1. The van der Waals surface area contributed by atoms with E-state index in [1.165, 1.54) is 18.3 Å². The van der Waals surface area contributed by atoms with E-state index in [9.17, 15) is 13.2 Å². The van der Waals surface area contributed by atoms with Gasteiger partial charge in [-0.25, -0.2) is 18.5 Å². The van der Waals surface area contributed by atoms with Crippen LogP contribution in [0.4, 0.5) is 0 Å². The molecule has 0 atom stereocenters. The highest BCUT2D eigenvalue weighted by atomic mass is 32.2. The molecule has 0 unspecified atom stereocenters. The minimum absolute atomic E-state index is 0.0742. The minimum Gasteiger partial charge on any atom is -0.350 e. The van der Waals surface area contributed by atoms with Crippen molar-refractivity contribution >= 4 is 15.9 Å². The second-order valence-corrected chi connectivity index (χ2v) is 6.15. The van der Waals surface area contributed by atoms with Crippen molar-refractivity contribution in [3.05, 3.63) is 48.0 Å². The summed E-state index contributed by atoms with van der Waals surface area (Å²) in [5, 5.41) is 7.80. The summed E-state index contributed by atoms with van der Waals surface area (Å²) in [6.07, 6.45) is 3.64. The van der Waals surface area contributed by atoms with Crippen LogP contribution in [0.15, 0.2) is 41.7 Å². The lowest BCUT2D eigenvalue weighted by Gasteiger charge is -2.06. The van der Waals surface area contributed by atoms with Gasteiger partial charge in [-0.2, -0.15) is 0 Å². The maximum absolute atomic E-state index is 11.8. The fourth-order valence-electron chi connectivity index (χ4n) is 1.83. The lowest BCUT2D eigenvalue weighted by molar-refractivity contribution is 0.0946. The zero-order valence-electron chi connectivity index (χ0n) is 11.5. The summed E-state index contributed by atoms with van der Waals surface area (Å²) in [7, 11) is -1.92. The van der Waals surface area contributed by atoms with Gasteiger partial charge in [0, 0.05) is 13.6 Å². The Kier molecular flexibility index (Phi) is 4.39. The van der Waals surface area contributed by atoms with Crippen LogP contribution in [0.3, 0.4) is 0 Å². The van der Waals surface area contributed by atoms with E-state index in [1.54, 1.807) is 30.1 Å². The maximum atomic E-state index is 11.8. The highest BCUT2D eigenvalue weighted by Gasteiger charge is 2.09. The Balaban J connectivity index is 1.89. The predicted octanol–water partition coefficient (Wildman–Crippen LogP) is 0.0400. The molecule has 0 spiro atoms. The monoisotopic (exact) mass is 308 g/mol. The molecular weight excluding hydrogens is 292 g/mol. The van der Waals surface area contributed by atoms with Crippen LogP contribution in [0.5, 0.6) is 0 Å². The highest BCUT2D eigenvalue weighted by Crippen LogP contribution is 2.09. The van der Waals surface area contributed by atoms with E-state index >= 15 is 0 Å². The number of aromatic nitrogens is 2. The van der Waals surface area contributed by atoms with Gasteiger partial charge in [-0.1, -0.05) is 12.1 Å². The fraction of sp³-hybridized carbons (Fsp3) is 0.231. The molecule has 112 valence electrons. The molecule has 0 aliphatic rings. The lowest BCUT2D eigenvalue weighted by Crippen LogP contribution is -2.27. The number of amides is 1. The number of sulfonamides is 1. The molecule has 7 nitrogen and oxygen atoms in total. The van der Waals surface area contributed by atoms with Crippen molar-refractivity contribution in [3.8, 4) is 0 Å². The van der Waals surface area contributed by atoms with E-state index in [0.717, 1.165) is 5.56 Å². The van der Waals surface area contributed by atoms with Gasteiger partial charge in [-0.3, -0.25) is 4.79 Å². The van der Waals surface area contributed by atoms with Gasteiger partial charge in [0.25, 0.3) is 5.91 Å². The van der Waals surface area contributed by atoms with Gasteiger partial charge in [0.15, 0.2) is 0 Å². The Morgan fingerprint density at radius 1 is 1.33 bits per heavy atom. The van der Waals surface area contributed by atoms with Crippen molar-refractivity contribution < 1.29 is 13.2 Å². The number of nitrogens with zero attached hydrogens (tertiary/aromatic N) is 2. The molecule has 1 heterocycles. The Hall–Kier alpha value is -2.19. The fourth-order valence-corrected chi connectivity index (χ4v) is 2.35. The number of nitrogens with two attached hydrogens (primary N) is 1. The maximum Gasteiger partial charge on any atom is 0.269 e. The summed E-state index contributed by atoms with van der Waals surface area (Å²) in [5.74, 6) is -0.198. The number of nitrogens with one attached hydrogen (secondary N) is 1. The van der Waals surface area contributed by atoms with Crippen LogP contribution in [-0.4, -0.2) is 30.4 Å². The van der Waals surface area contributed by atoms with Crippen molar-refractivity contribution in [3.63, 3.8) is 0 Å². The van der Waals surface area contributed by atoms with Gasteiger partial charge in [-0.05, 0) is 24.1 Å². The van der Waals surface area contributed by atoms with Crippen molar-refractivity contribution in [1.82, 2.24) is 14.9 Å². The molecule has 0 bridgehead atoms. The summed E-state index contributed by atoms with van der Waals surface area (Å²) >= 11 is 0. The molecule has 1 aromatic carbocycles. The SMILES string of the molecule is Cn1cncc1C(=O)NCCc1ccc(S(N)(=O)=O)cc1. The zero-order chi connectivity index (χ0) is 15.5. The number of hydrogen-bond acceptors (Lipinski definition) is 4. The van der Waals surface area contributed by atoms with Crippen LogP contribution in [0.2, 0.25) is 0 Å². The van der Waals surface area contributed by atoms with Crippen LogP contribution in [0, 0.1) is 0 Å². The molecule has 0 saturated carbocycles. The summed E-state index contributed by atoms with van der Waals surface area (Å²) < 4.78 is 23.9. The topological polar surface area (TPSA) is 107 Å². The van der Waals surface area contributed by atoms with Crippen molar-refractivity contribution in [2.45, 2.75) is 11.3 Å². The van der Waals surface area contributed by atoms with Gasteiger partial charge in [-0.15, -0.1) is 0 Å². The number of aryl methyl sites for hydroxylation is 1. The quantitative estimate of drug-likeness (QED) is 0.813. The Bertz CT molecular complexity index is 735. The lowest BCUT2D eigenvalue weighted by atomic mass is 10.1. The standard InChI is InChI=1S/C13H16N4O3S/c1-17-9-15-8-12(17)13(18)16-7-6-10-2-4-11(5-3-10)21(14,19)20/h2-5,8-9H,6-7H2,1H3,(H,16,18)(H2,14,19,20). The molecular formula is C13H16N4O3S. The van der Waals surface area contributed by atoms with E-state index in [1.807, 2.05) is 0 Å². The van der Waals surface area contributed by atoms with E-state index in [-0.39, 0.29) is 10.8 Å². The summed E-state index contributed by atoms with van der Waals surface area (Å²) in [6.45, 7) is 0.443. The molecule has 8 heteroatoms. The molecule has 0 saturated heterocycles. The zero-order valence-corrected chi connectivity index (χ0v) is 12.3. The Morgan fingerprint density at radius 2 is 2.00 bits per heavy atom. The molecule has 2 rings (SSSR count). The molecule has 3 N–H and O–H groups in total. The molecule has 1 aromatic heterocycles. The van der Waals surface area contributed by atoms with Gasteiger partial charge >= 0.3 is 0 Å².